The van der Waals surface area contributed by atoms with Gasteiger partial charge in [-0.1, -0.05) is 11.6 Å². The molecule has 0 radical (unpaired) electrons. The topological polar surface area (TPSA) is 81.2 Å². The van der Waals surface area contributed by atoms with Crippen LogP contribution in [0.25, 0.3) is 0 Å². The Balaban J connectivity index is 2.25. The molecule has 6 nitrogen and oxygen atoms in total. The van der Waals surface area contributed by atoms with Gasteiger partial charge in [-0.15, -0.1) is 0 Å². The van der Waals surface area contributed by atoms with Gasteiger partial charge in [0.05, 0.1) is 11.2 Å². The summed E-state index contributed by atoms with van der Waals surface area (Å²) in [4.78, 5) is 0. The number of nitrogens with zero attached hydrogens (tertiary/aromatic N) is 3. The van der Waals surface area contributed by atoms with Crippen molar-refractivity contribution in [3.8, 4) is 0 Å². The predicted octanol–water partition coefficient (Wildman–Crippen LogP) is 0.823. The number of nitrogens with two attached hydrogens (primary N) is 1. The summed E-state index contributed by atoms with van der Waals surface area (Å²) in [6, 6.07) is 0. The lowest BCUT2D eigenvalue weighted by Crippen LogP contribution is -2.41. The first-order valence-corrected chi connectivity index (χ1v) is 8.16. The highest BCUT2D eigenvalue weighted by atomic mass is 35.5. The van der Waals surface area contributed by atoms with Crippen molar-refractivity contribution < 1.29 is 8.42 Å². The number of rotatable bonds is 4. The zero-order valence-electron chi connectivity index (χ0n) is 10.9. The molecule has 1 fully saturated rings. The van der Waals surface area contributed by atoms with E-state index in [-0.39, 0.29) is 10.0 Å². The molecular formula is C11H19ClN4O2S. The van der Waals surface area contributed by atoms with E-state index in [9.17, 15) is 8.42 Å². The quantitative estimate of drug-likeness (QED) is 0.893. The maximum absolute atomic E-state index is 12.6. The summed E-state index contributed by atoms with van der Waals surface area (Å²) in [6.45, 7) is 1.64. The molecule has 0 aliphatic carbocycles. The van der Waals surface area contributed by atoms with Crippen LogP contribution < -0.4 is 5.73 Å². The van der Waals surface area contributed by atoms with Gasteiger partial charge in [-0.05, 0) is 31.7 Å². The number of aromatic nitrogens is 2. The van der Waals surface area contributed by atoms with E-state index in [1.807, 2.05) is 0 Å². The van der Waals surface area contributed by atoms with E-state index in [1.165, 1.54) is 15.2 Å². The Morgan fingerprint density at radius 1 is 1.58 bits per heavy atom. The minimum atomic E-state index is -3.57. The Kier molecular flexibility index (Phi) is 4.50. The van der Waals surface area contributed by atoms with Crippen LogP contribution in [0.15, 0.2) is 11.2 Å². The molecule has 0 spiro atoms. The Labute approximate surface area is 118 Å². The molecular weight excluding hydrogens is 288 g/mol. The number of sulfonamides is 1. The van der Waals surface area contributed by atoms with E-state index in [1.54, 1.807) is 7.05 Å². The summed E-state index contributed by atoms with van der Waals surface area (Å²) in [7, 11) is -1.99. The molecule has 0 bridgehead atoms. The first kappa shape index (κ1) is 14.8. The molecule has 0 amide bonds. The molecule has 0 saturated carbocycles. The summed E-state index contributed by atoms with van der Waals surface area (Å²) in [5.74, 6) is 0.334. The fourth-order valence-electron chi connectivity index (χ4n) is 2.53. The maximum Gasteiger partial charge on any atom is 0.261 e. The predicted molar refractivity (Wildman–Crippen MR) is 73.4 cm³/mol. The minimum absolute atomic E-state index is 0.0718. The van der Waals surface area contributed by atoms with Crippen LogP contribution >= 0.6 is 11.6 Å². The molecule has 19 heavy (non-hydrogen) atoms. The minimum Gasteiger partial charge on any atom is -0.330 e. The van der Waals surface area contributed by atoms with Gasteiger partial charge < -0.3 is 5.73 Å². The van der Waals surface area contributed by atoms with Crippen LogP contribution in [0.4, 0.5) is 0 Å². The van der Waals surface area contributed by atoms with Gasteiger partial charge in [0, 0.05) is 20.1 Å². The molecule has 1 aliphatic heterocycles. The Morgan fingerprint density at radius 3 is 2.89 bits per heavy atom. The van der Waals surface area contributed by atoms with Crippen LogP contribution in [0.2, 0.25) is 5.02 Å². The smallest absolute Gasteiger partial charge is 0.261 e. The van der Waals surface area contributed by atoms with Crippen molar-refractivity contribution in [1.29, 1.82) is 0 Å². The Morgan fingerprint density at radius 2 is 2.32 bits per heavy atom. The van der Waals surface area contributed by atoms with Crippen LogP contribution in [-0.2, 0) is 17.1 Å². The average molecular weight is 307 g/mol. The van der Waals surface area contributed by atoms with E-state index in [0.29, 0.717) is 25.6 Å². The largest absolute Gasteiger partial charge is 0.330 e. The first-order valence-electron chi connectivity index (χ1n) is 6.34. The number of hydrogen-bond acceptors (Lipinski definition) is 4. The van der Waals surface area contributed by atoms with E-state index < -0.39 is 10.0 Å². The van der Waals surface area contributed by atoms with E-state index in [4.69, 9.17) is 17.3 Å². The van der Waals surface area contributed by atoms with Gasteiger partial charge in [-0.25, -0.2) is 8.42 Å². The van der Waals surface area contributed by atoms with Crippen molar-refractivity contribution in [3.05, 3.63) is 11.2 Å². The lowest BCUT2D eigenvalue weighted by atomic mass is 9.96. The van der Waals surface area contributed by atoms with Crippen LogP contribution in [-0.4, -0.2) is 42.1 Å². The Bertz CT molecular complexity index is 521. The third-order valence-corrected chi connectivity index (χ3v) is 5.86. The third kappa shape index (κ3) is 2.94. The van der Waals surface area contributed by atoms with Crippen LogP contribution in [0.3, 0.4) is 0 Å². The van der Waals surface area contributed by atoms with Gasteiger partial charge >= 0.3 is 0 Å². The van der Waals surface area contributed by atoms with Crippen molar-refractivity contribution in [1.82, 2.24) is 14.1 Å². The molecule has 2 N–H and O–H groups in total. The van der Waals surface area contributed by atoms with E-state index >= 15 is 0 Å². The fraction of sp³-hybridized carbons (Fsp3) is 0.727. The molecule has 1 aliphatic rings. The molecule has 1 atom stereocenters. The monoisotopic (exact) mass is 306 g/mol. The summed E-state index contributed by atoms with van der Waals surface area (Å²) >= 11 is 5.94. The molecule has 2 rings (SSSR count). The van der Waals surface area contributed by atoms with Crippen molar-refractivity contribution >= 4 is 21.6 Å². The molecule has 0 aromatic carbocycles. The molecule has 2 heterocycles. The summed E-state index contributed by atoms with van der Waals surface area (Å²) in [5, 5.41) is 4.13. The number of halogens is 1. The highest BCUT2D eigenvalue weighted by Gasteiger charge is 2.33. The van der Waals surface area contributed by atoms with Gasteiger partial charge in [-0.2, -0.15) is 9.40 Å². The molecule has 8 heteroatoms. The zero-order chi connectivity index (χ0) is 14.0. The van der Waals surface area contributed by atoms with Crippen LogP contribution in [0, 0.1) is 5.92 Å². The van der Waals surface area contributed by atoms with Crippen molar-refractivity contribution in [2.24, 2.45) is 18.7 Å². The van der Waals surface area contributed by atoms with Crippen molar-refractivity contribution in [3.63, 3.8) is 0 Å². The van der Waals surface area contributed by atoms with E-state index in [2.05, 4.69) is 5.10 Å². The third-order valence-electron chi connectivity index (χ3n) is 3.48. The second-order valence-corrected chi connectivity index (χ2v) is 7.13. The van der Waals surface area contributed by atoms with Gasteiger partial charge in [0.1, 0.15) is 0 Å². The zero-order valence-corrected chi connectivity index (χ0v) is 12.5. The molecule has 1 aromatic heterocycles. The molecule has 1 saturated heterocycles. The second-order valence-electron chi connectivity index (χ2n) is 4.87. The average Bonchev–Trinajstić information content (AvgIpc) is 2.70. The van der Waals surface area contributed by atoms with Crippen LogP contribution in [0.5, 0.6) is 0 Å². The molecule has 1 unspecified atom stereocenters. The maximum atomic E-state index is 12.6. The fourth-order valence-corrected chi connectivity index (χ4v) is 4.69. The van der Waals surface area contributed by atoms with Crippen molar-refractivity contribution in [2.45, 2.75) is 24.3 Å². The number of piperidine rings is 1. The summed E-state index contributed by atoms with van der Waals surface area (Å²) in [5.41, 5.74) is 5.55. The van der Waals surface area contributed by atoms with Crippen LogP contribution in [0.1, 0.15) is 19.3 Å². The summed E-state index contributed by atoms with van der Waals surface area (Å²) < 4.78 is 28.0. The normalized spacial score (nSPS) is 21.7. The second kappa shape index (κ2) is 5.78. The Hall–Kier alpha value is -0.630. The first-order chi connectivity index (χ1) is 8.96. The molecule has 108 valence electrons. The highest BCUT2D eigenvalue weighted by Crippen LogP contribution is 2.28. The lowest BCUT2D eigenvalue weighted by Gasteiger charge is -2.31. The van der Waals surface area contributed by atoms with E-state index in [0.717, 1.165) is 19.3 Å². The number of hydrogen-bond donors (Lipinski definition) is 1. The SMILES string of the molecule is Cn1ncc(Cl)c1S(=O)(=O)N1CCCC(CCN)C1. The lowest BCUT2D eigenvalue weighted by molar-refractivity contribution is 0.257. The summed E-state index contributed by atoms with van der Waals surface area (Å²) in [6.07, 6.45) is 4.10. The van der Waals surface area contributed by atoms with Crippen molar-refractivity contribution in [2.75, 3.05) is 19.6 Å². The van der Waals surface area contributed by atoms with Gasteiger partial charge in [0.15, 0.2) is 5.03 Å². The van der Waals surface area contributed by atoms with Gasteiger partial charge in [-0.3, -0.25) is 4.68 Å². The highest BCUT2D eigenvalue weighted by molar-refractivity contribution is 7.89. The van der Waals surface area contributed by atoms with Gasteiger partial charge in [0.2, 0.25) is 0 Å². The van der Waals surface area contributed by atoms with Gasteiger partial charge in [0.25, 0.3) is 10.0 Å². The standard InChI is InChI=1S/C11H19ClN4O2S/c1-15-11(10(12)7-14-15)19(17,18)16-6-2-3-9(8-16)4-5-13/h7,9H,2-6,8,13H2,1H3. The molecule has 1 aromatic rings. The number of aryl methyl sites for hydroxylation is 1.